The number of hydrogen-bond acceptors (Lipinski definition) is 2. The second kappa shape index (κ2) is 5.55. The number of halogens is 1. The third kappa shape index (κ3) is 3.12. The van der Waals surface area contributed by atoms with Crippen LogP contribution < -0.4 is 0 Å². The van der Waals surface area contributed by atoms with Crippen LogP contribution in [0, 0.1) is 6.92 Å². The molecule has 18 heavy (non-hydrogen) atoms. The highest BCUT2D eigenvalue weighted by Gasteiger charge is 2.12. The van der Waals surface area contributed by atoms with E-state index in [9.17, 15) is 4.79 Å². The summed E-state index contributed by atoms with van der Waals surface area (Å²) in [6, 6.07) is 11.4. The molecule has 0 aliphatic heterocycles. The molecule has 1 amide bonds. The second-order valence-electron chi connectivity index (χ2n) is 4.23. The highest BCUT2D eigenvalue weighted by atomic mass is 35.5. The van der Waals surface area contributed by atoms with Gasteiger partial charge in [-0.2, -0.15) is 0 Å². The number of thiophene rings is 1. The Morgan fingerprint density at radius 1 is 1.22 bits per heavy atom. The summed E-state index contributed by atoms with van der Waals surface area (Å²) in [6.45, 7) is 2.59. The van der Waals surface area contributed by atoms with Crippen molar-refractivity contribution in [2.24, 2.45) is 0 Å². The molecule has 94 valence electrons. The van der Waals surface area contributed by atoms with E-state index in [1.54, 1.807) is 11.9 Å². The number of nitrogens with zero attached hydrogens (tertiary/aromatic N) is 1. The van der Waals surface area contributed by atoms with Crippen LogP contribution in [0.2, 0.25) is 4.34 Å². The molecule has 0 atom stereocenters. The van der Waals surface area contributed by atoms with Gasteiger partial charge >= 0.3 is 0 Å². The molecule has 0 fully saturated rings. The fraction of sp³-hybridized carbons (Fsp3) is 0.214. The minimum atomic E-state index is 0.0273. The Kier molecular flexibility index (Phi) is 4.04. The van der Waals surface area contributed by atoms with E-state index in [2.05, 4.69) is 0 Å². The van der Waals surface area contributed by atoms with Gasteiger partial charge in [0.15, 0.2) is 0 Å². The molecule has 4 heteroatoms. The highest BCUT2D eigenvalue weighted by molar-refractivity contribution is 7.16. The lowest BCUT2D eigenvalue weighted by atomic mass is 10.1. The number of carbonyl (C=O) groups excluding carboxylic acids is 1. The van der Waals surface area contributed by atoms with Gasteiger partial charge in [0.05, 0.1) is 10.9 Å². The first-order valence-electron chi connectivity index (χ1n) is 5.62. The van der Waals surface area contributed by atoms with E-state index in [0.29, 0.717) is 12.1 Å². The number of benzene rings is 1. The molecule has 0 unspecified atom stereocenters. The summed E-state index contributed by atoms with van der Waals surface area (Å²) in [6.07, 6.45) is 0. The molecule has 1 heterocycles. The smallest absolute Gasteiger partial charge is 0.253 e. The van der Waals surface area contributed by atoms with E-state index in [1.807, 2.05) is 43.3 Å². The molecule has 0 aliphatic carbocycles. The molecular weight excluding hydrogens is 266 g/mol. The molecule has 0 spiro atoms. The van der Waals surface area contributed by atoms with Crippen molar-refractivity contribution in [3.63, 3.8) is 0 Å². The molecule has 1 aromatic heterocycles. The Hall–Kier alpha value is -1.32. The Morgan fingerprint density at radius 2 is 1.89 bits per heavy atom. The molecule has 0 aliphatic rings. The van der Waals surface area contributed by atoms with Crippen LogP contribution in [0.3, 0.4) is 0 Å². The lowest BCUT2D eigenvalue weighted by Gasteiger charge is -2.16. The van der Waals surface area contributed by atoms with Gasteiger partial charge in [0.2, 0.25) is 0 Å². The van der Waals surface area contributed by atoms with Crippen LogP contribution in [-0.2, 0) is 6.54 Å². The van der Waals surface area contributed by atoms with Gasteiger partial charge in [-0.25, -0.2) is 0 Å². The van der Waals surface area contributed by atoms with Crippen LogP contribution in [0.1, 0.15) is 20.8 Å². The zero-order valence-electron chi connectivity index (χ0n) is 10.3. The van der Waals surface area contributed by atoms with Gasteiger partial charge in [0, 0.05) is 17.5 Å². The predicted octanol–water partition coefficient (Wildman–Crippen LogP) is 3.98. The van der Waals surface area contributed by atoms with Crippen molar-refractivity contribution in [2.75, 3.05) is 7.05 Å². The average molecular weight is 280 g/mol. The first-order chi connectivity index (χ1) is 8.56. The second-order valence-corrected chi connectivity index (χ2v) is 6.03. The minimum Gasteiger partial charge on any atom is -0.337 e. The SMILES string of the molecule is Cc1ccc(C(=O)N(C)Cc2ccc(Cl)s2)cc1. The molecule has 2 aromatic rings. The van der Waals surface area contributed by atoms with Crippen LogP contribution in [0.15, 0.2) is 36.4 Å². The predicted molar refractivity (Wildman–Crippen MR) is 76.3 cm³/mol. The van der Waals surface area contributed by atoms with Crippen LogP contribution in [-0.4, -0.2) is 17.9 Å². The topological polar surface area (TPSA) is 20.3 Å². The van der Waals surface area contributed by atoms with E-state index in [4.69, 9.17) is 11.6 Å². The Morgan fingerprint density at radius 3 is 2.44 bits per heavy atom. The Labute approximate surface area is 116 Å². The maximum atomic E-state index is 12.2. The maximum absolute atomic E-state index is 12.2. The summed E-state index contributed by atoms with van der Waals surface area (Å²) in [7, 11) is 1.80. The average Bonchev–Trinajstić information content (AvgIpc) is 2.75. The zero-order chi connectivity index (χ0) is 13.1. The van der Waals surface area contributed by atoms with Gasteiger partial charge in [-0.3, -0.25) is 4.79 Å². The molecule has 0 bridgehead atoms. The van der Waals surface area contributed by atoms with Crippen molar-refractivity contribution >= 4 is 28.8 Å². The zero-order valence-corrected chi connectivity index (χ0v) is 11.9. The van der Waals surface area contributed by atoms with Crippen LogP contribution in [0.4, 0.5) is 0 Å². The first-order valence-corrected chi connectivity index (χ1v) is 6.82. The lowest BCUT2D eigenvalue weighted by Crippen LogP contribution is -2.25. The minimum absolute atomic E-state index is 0.0273. The maximum Gasteiger partial charge on any atom is 0.253 e. The standard InChI is InChI=1S/C14H14ClNOS/c1-10-3-5-11(6-4-10)14(17)16(2)9-12-7-8-13(15)18-12/h3-8H,9H2,1-2H3. The van der Waals surface area contributed by atoms with E-state index in [1.165, 1.54) is 11.3 Å². The summed E-state index contributed by atoms with van der Waals surface area (Å²) in [4.78, 5) is 15.0. The van der Waals surface area contributed by atoms with Crippen molar-refractivity contribution in [2.45, 2.75) is 13.5 Å². The van der Waals surface area contributed by atoms with Gasteiger partial charge in [-0.1, -0.05) is 29.3 Å². The van der Waals surface area contributed by atoms with E-state index >= 15 is 0 Å². The lowest BCUT2D eigenvalue weighted by molar-refractivity contribution is 0.0786. The summed E-state index contributed by atoms with van der Waals surface area (Å²) in [5.41, 5.74) is 1.87. The van der Waals surface area contributed by atoms with Crippen LogP contribution in [0.5, 0.6) is 0 Å². The molecule has 0 saturated carbocycles. The van der Waals surface area contributed by atoms with E-state index < -0.39 is 0 Å². The molecule has 1 aromatic carbocycles. The van der Waals surface area contributed by atoms with Crippen LogP contribution in [0.25, 0.3) is 0 Å². The third-order valence-corrected chi connectivity index (χ3v) is 3.88. The summed E-state index contributed by atoms with van der Waals surface area (Å²) in [5.74, 6) is 0.0273. The van der Waals surface area contributed by atoms with Gasteiger partial charge in [0.25, 0.3) is 5.91 Å². The number of rotatable bonds is 3. The van der Waals surface area contributed by atoms with Crippen molar-refractivity contribution in [1.29, 1.82) is 0 Å². The van der Waals surface area contributed by atoms with Crippen molar-refractivity contribution in [1.82, 2.24) is 4.90 Å². The van der Waals surface area contributed by atoms with Gasteiger partial charge in [-0.15, -0.1) is 11.3 Å². The molecule has 2 nitrogen and oxygen atoms in total. The Balaban J connectivity index is 2.07. The molecule has 0 saturated heterocycles. The largest absolute Gasteiger partial charge is 0.337 e. The molecule has 2 rings (SSSR count). The summed E-state index contributed by atoms with van der Waals surface area (Å²) < 4.78 is 0.751. The molecular formula is C14H14ClNOS. The van der Waals surface area contributed by atoms with Crippen LogP contribution >= 0.6 is 22.9 Å². The quantitative estimate of drug-likeness (QED) is 0.832. The van der Waals surface area contributed by atoms with E-state index in [-0.39, 0.29) is 5.91 Å². The third-order valence-electron chi connectivity index (χ3n) is 2.67. The van der Waals surface area contributed by atoms with Gasteiger partial charge < -0.3 is 4.90 Å². The fourth-order valence-corrected chi connectivity index (χ4v) is 2.80. The normalized spacial score (nSPS) is 10.4. The fourth-order valence-electron chi connectivity index (χ4n) is 1.66. The van der Waals surface area contributed by atoms with E-state index in [0.717, 1.165) is 14.8 Å². The van der Waals surface area contributed by atoms with Crippen molar-refractivity contribution < 1.29 is 4.79 Å². The Bertz CT molecular complexity index is 547. The number of hydrogen-bond donors (Lipinski definition) is 0. The number of carbonyl (C=O) groups is 1. The van der Waals surface area contributed by atoms with Gasteiger partial charge in [0.1, 0.15) is 0 Å². The highest BCUT2D eigenvalue weighted by Crippen LogP contribution is 2.22. The number of aryl methyl sites for hydroxylation is 1. The summed E-state index contributed by atoms with van der Waals surface area (Å²) >= 11 is 7.38. The molecule has 0 N–H and O–H groups in total. The monoisotopic (exact) mass is 279 g/mol. The summed E-state index contributed by atoms with van der Waals surface area (Å²) in [5, 5.41) is 0. The van der Waals surface area contributed by atoms with Crippen molar-refractivity contribution in [3.8, 4) is 0 Å². The van der Waals surface area contributed by atoms with Crippen molar-refractivity contribution in [3.05, 3.63) is 56.7 Å². The number of amides is 1. The van der Waals surface area contributed by atoms with Gasteiger partial charge in [-0.05, 0) is 31.2 Å². The molecule has 0 radical (unpaired) electrons. The first kappa shape index (κ1) is 13.1.